The molecule has 1 aliphatic carbocycles. The van der Waals surface area contributed by atoms with Crippen molar-refractivity contribution in [3.63, 3.8) is 0 Å². The Morgan fingerprint density at radius 1 is 1.33 bits per heavy atom. The number of likely N-dealkylation sites (tertiary alicyclic amines) is 1. The Hall–Kier alpha value is -0.0800. The van der Waals surface area contributed by atoms with E-state index < -0.39 is 0 Å². The van der Waals surface area contributed by atoms with Gasteiger partial charge in [0.1, 0.15) is 0 Å². The van der Waals surface area contributed by atoms with Crippen LogP contribution in [0.5, 0.6) is 0 Å². The Kier molecular flexibility index (Phi) is 3.36. The Morgan fingerprint density at radius 3 is 2.73 bits per heavy atom. The van der Waals surface area contributed by atoms with Crippen molar-refractivity contribution < 1.29 is 0 Å². The molecule has 0 spiro atoms. The van der Waals surface area contributed by atoms with Crippen LogP contribution >= 0.6 is 0 Å². The second-order valence-electron chi connectivity index (χ2n) is 6.24. The molecule has 2 nitrogen and oxygen atoms in total. The van der Waals surface area contributed by atoms with Crippen LogP contribution in [0.4, 0.5) is 0 Å². The van der Waals surface area contributed by atoms with Crippen LogP contribution < -0.4 is 5.32 Å². The normalized spacial score (nSPS) is 36.2. The lowest BCUT2D eigenvalue weighted by atomic mass is 9.93. The zero-order valence-electron chi connectivity index (χ0n) is 10.6. The van der Waals surface area contributed by atoms with Gasteiger partial charge in [-0.05, 0) is 44.2 Å². The SMILES string of the molecule is CNC1CCCC1CN1CCC(C)(C)C1. The Labute approximate surface area is 94.4 Å². The molecule has 2 rings (SSSR count). The summed E-state index contributed by atoms with van der Waals surface area (Å²) in [5.41, 5.74) is 0.563. The summed E-state index contributed by atoms with van der Waals surface area (Å²) in [6.45, 7) is 8.75. The van der Waals surface area contributed by atoms with Gasteiger partial charge in [-0.2, -0.15) is 0 Å². The summed E-state index contributed by atoms with van der Waals surface area (Å²) >= 11 is 0. The van der Waals surface area contributed by atoms with Gasteiger partial charge in [0.2, 0.25) is 0 Å². The van der Waals surface area contributed by atoms with Crippen molar-refractivity contribution in [2.75, 3.05) is 26.7 Å². The second kappa shape index (κ2) is 4.42. The molecule has 1 saturated heterocycles. The van der Waals surface area contributed by atoms with Crippen LogP contribution in [0, 0.1) is 11.3 Å². The zero-order valence-corrected chi connectivity index (χ0v) is 10.6. The van der Waals surface area contributed by atoms with Gasteiger partial charge in [-0.25, -0.2) is 0 Å². The van der Waals surface area contributed by atoms with E-state index in [0.29, 0.717) is 5.41 Å². The first-order valence-corrected chi connectivity index (χ1v) is 6.50. The van der Waals surface area contributed by atoms with E-state index in [0.717, 1.165) is 12.0 Å². The van der Waals surface area contributed by atoms with E-state index in [4.69, 9.17) is 0 Å². The summed E-state index contributed by atoms with van der Waals surface area (Å²) in [5, 5.41) is 3.48. The molecule has 2 aliphatic rings. The summed E-state index contributed by atoms with van der Waals surface area (Å²) in [6, 6.07) is 0.786. The highest BCUT2D eigenvalue weighted by molar-refractivity contribution is 4.88. The van der Waals surface area contributed by atoms with Crippen LogP contribution in [0.15, 0.2) is 0 Å². The molecule has 2 fully saturated rings. The maximum absolute atomic E-state index is 3.48. The molecule has 2 unspecified atom stereocenters. The van der Waals surface area contributed by atoms with E-state index >= 15 is 0 Å². The fraction of sp³-hybridized carbons (Fsp3) is 1.00. The molecule has 0 aromatic heterocycles. The Morgan fingerprint density at radius 2 is 2.13 bits per heavy atom. The van der Waals surface area contributed by atoms with E-state index in [1.54, 1.807) is 0 Å². The summed E-state index contributed by atoms with van der Waals surface area (Å²) < 4.78 is 0. The van der Waals surface area contributed by atoms with Crippen LogP contribution in [-0.4, -0.2) is 37.6 Å². The Balaban J connectivity index is 1.82. The first-order chi connectivity index (χ1) is 7.11. The predicted octanol–water partition coefficient (Wildman–Crippen LogP) is 2.11. The maximum Gasteiger partial charge on any atom is 0.0104 e. The van der Waals surface area contributed by atoms with Crippen LogP contribution in [0.3, 0.4) is 0 Å². The van der Waals surface area contributed by atoms with Gasteiger partial charge in [-0.1, -0.05) is 20.3 Å². The quantitative estimate of drug-likeness (QED) is 0.767. The number of nitrogens with one attached hydrogen (secondary N) is 1. The van der Waals surface area contributed by atoms with Crippen LogP contribution in [0.1, 0.15) is 39.5 Å². The molecule has 15 heavy (non-hydrogen) atoms. The van der Waals surface area contributed by atoms with E-state index in [-0.39, 0.29) is 0 Å². The average Bonchev–Trinajstić information content (AvgIpc) is 2.73. The minimum absolute atomic E-state index is 0.563. The molecule has 1 aliphatic heterocycles. The lowest BCUT2D eigenvalue weighted by Crippen LogP contribution is -2.37. The van der Waals surface area contributed by atoms with E-state index in [9.17, 15) is 0 Å². The van der Waals surface area contributed by atoms with Gasteiger partial charge in [-0.15, -0.1) is 0 Å². The van der Waals surface area contributed by atoms with Crippen molar-refractivity contribution in [1.29, 1.82) is 0 Å². The van der Waals surface area contributed by atoms with E-state index in [2.05, 4.69) is 31.1 Å². The third-order valence-corrected chi connectivity index (χ3v) is 4.28. The summed E-state index contributed by atoms with van der Waals surface area (Å²) in [6.07, 6.45) is 5.62. The highest BCUT2D eigenvalue weighted by Gasteiger charge is 2.33. The second-order valence-corrected chi connectivity index (χ2v) is 6.24. The summed E-state index contributed by atoms with van der Waals surface area (Å²) in [7, 11) is 2.12. The minimum Gasteiger partial charge on any atom is -0.317 e. The summed E-state index contributed by atoms with van der Waals surface area (Å²) in [5.74, 6) is 0.906. The van der Waals surface area contributed by atoms with E-state index in [1.165, 1.54) is 45.3 Å². The molecule has 1 saturated carbocycles. The minimum atomic E-state index is 0.563. The lowest BCUT2D eigenvalue weighted by molar-refractivity contribution is 0.233. The monoisotopic (exact) mass is 210 g/mol. The molecule has 0 aromatic rings. The largest absolute Gasteiger partial charge is 0.317 e. The van der Waals surface area contributed by atoms with Gasteiger partial charge in [0.25, 0.3) is 0 Å². The van der Waals surface area contributed by atoms with Crippen molar-refractivity contribution in [3.05, 3.63) is 0 Å². The number of hydrogen-bond acceptors (Lipinski definition) is 2. The molecule has 1 N–H and O–H groups in total. The molecular weight excluding hydrogens is 184 g/mol. The molecule has 0 aromatic carbocycles. The van der Waals surface area contributed by atoms with Gasteiger partial charge < -0.3 is 10.2 Å². The molecule has 2 heteroatoms. The molecule has 2 atom stereocenters. The van der Waals surface area contributed by atoms with Crippen LogP contribution in [0.2, 0.25) is 0 Å². The van der Waals surface area contributed by atoms with Crippen molar-refractivity contribution in [2.45, 2.75) is 45.6 Å². The molecule has 0 bridgehead atoms. The van der Waals surface area contributed by atoms with Gasteiger partial charge in [0, 0.05) is 19.1 Å². The van der Waals surface area contributed by atoms with Gasteiger partial charge in [0.15, 0.2) is 0 Å². The molecule has 1 heterocycles. The fourth-order valence-corrected chi connectivity index (χ4v) is 3.35. The zero-order chi connectivity index (χ0) is 10.9. The highest BCUT2D eigenvalue weighted by Crippen LogP contribution is 2.32. The predicted molar refractivity (Wildman–Crippen MR) is 65.0 cm³/mol. The van der Waals surface area contributed by atoms with E-state index in [1.807, 2.05) is 0 Å². The van der Waals surface area contributed by atoms with Crippen LogP contribution in [0.25, 0.3) is 0 Å². The molecule has 0 amide bonds. The molecule has 0 radical (unpaired) electrons. The summed E-state index contributed by atoms with van der Waals surface area (Å²) in [4.78, 5) is 2.68. The first-order valence-electron chi connectivity index (χ1n) is 6.50. The van der Waals surface area contributed by atoms with Gasteiger partial charge in [-0.3, -0.25) is 0 Å². The topological polar surface area (TPSA) is 15.3 Å². The van der Waals surface area contributed by atoms with Gasteiger partial charge >= 0.3 is 0 Å². The third kappa shape index (κ3) is 2.73. The van der Waals surface area contributed by atoms with Crippen molar-refractivity contribution in [3.8, 4) is 0 Å². The third-order valence-electron chi connectivity index (χ3n) is 4.28. The number of rotatable bonds is 3. The van der Waals surface area contributed by atoms with Crippen LogP contribution in [-0.2, 0) is 0 Å². The Bertz CT molecular complexity index is 213. The number of nitrogens with zero attached hydrogens (tertiary/aromatic N) is 1. The average molecular weight is 210 g/mol. The van der Waals surface area contributed by atoms with Crippen molar-refractivity contribution in [2.24, 2.45) is 11.3 Å². The highest BCUT2D eigenvalue weighted by atomic mass is 15.2. The van der Waals surface area contributed by atoms with Gasteiger partial charge in [0.05, 0.1) is 0 Å². The maximum atomic E-state index is 3.48. The smallest absolute Gasteiger partial charge is 0.0104 e. The molecule has 88 valence electrons. The van der Waals surface area contributed by atoms with Crippen molar-refractivity contribution in [1.82, 2.24) is 10.2 Å². The molecular formula is C13H26N2. The lowest BCUT2D eigenvalue weighted by Gasteiger charge is -2.26. The van der Waals surface area contributed by atoms with Crippen molar-refractivity contribution >= 4 is 0 Å². The first kappa shape index (κ1) is 11.4. The fourth-order valence-electron chi connectivity index (χ4n) is 3.35. The number of hydrogen-bond donors (Lipinski definition) is 1. The standard InChI is InChI=1S/C13H26N2/c1-13(2)7-8-15(10-13)9-11-5-4-6-12(11)14-3/h11-12,14H,4-10H2,1-3H3.